The van der Waals surface area contributed by atoms with Gasteiger partial charge in [-0.25, -0.2) is 9.78 Å². The molecule has 0 bridgehead atoms. The van der Waals surface area contributed by atoms with E-state index in [1.54, 1.807) is 13.0 Å². The lowest BCUT2D eigenvalue weighted by molar-refractivity contribution is 0.0166. The zero-order valence-electron chi connectivity index (χ0n) is 10.9. The number of carboxylic acid groups (broad SMARTS) is 1. The first-order chi connectivity index (χ1) is 9.49. The molecule has 20 heavy (non-hydrogen) atoms. The Morgan fingerprint density at radius 2 is 1.85 bits per heavy atom. The van der Waals surface area contributed by atoms with E-state index >= 15 is 0 Å². The molecule has 0 saturated heterocycles. The highest BCUT2D eigenvalue weighted by atomic mass is 16.4. The largest absolute Gasteiger partial charge is 0.478 e. The number of carboxylic acids is 1. The van der Waals surface area contributed by atoms with Gasteiger partial charge in [-0.1, -0.05) is 0 Å². The van der Waals surface area contributed by atoms with Crippen LogP contribution < -0.4 is 0 Å². The van der Waals surface area contributed by atoms with Crippen molar-refractivity contribution in [2.45, 2.75) is 12.5 Å². The average molecular weight is 280 g/mol. The van der Waals surface area contributed by atoms with Crippen molar-refractivity contribution in [3.05, 3.63) is 29.6 Å². The number of benzene rings is 1. The molecule has 2 rings (SSSR count). The second-order valence-electron chi connectivity index (χ2n) is 4.70. The summed E-state index contributed by atoms with van der Waals surface area (Å²) in [4.78, 5) is 15.2. The normalized spacial score (nSPS) is 12.0. The highest BCUT2D eigenvalue weighted by Gasteiger charge is 2.33. The molecule has 1 aromatic carbocycles. The van der Waals surface area contributed by atoms with Gasteiger partial charge in [0, 0.05) is 0 Å². The lowest BCUT2D eigenvalue weighted by Gasteiger charge is -2.31. The van der Waals surface area contributed by atoms with Crippen LogP contribution in [-0.4, -0.2) is 55.8 Å². The zero-order valence-corrected chi connectivity index (χ0v) is 10.9. The number of rotatable bonds is 5. The van der Waals surface area contributed by atoms with Crippen molar-refractivity contribution in [1.82, 2.24) is 9.55 Å². The van der Waals surface area contributed by atoms with E-state index in [9.17, 15) is 20.1 Å². The van der Waals surface area contributed by atoms with Crippen molar-refractivity contribution < 1.29 is 25.2 Å². The third kappa shape index (κ3) is 2.05. The second-order valence-corrected chi connectivity index (χ2v) is 4.70. The van der Waals surface area contributed by atoms with E-state index in [1.165, 1.54) is 16.7 Å². The monoisotopic (exact) mass is 280 g/mol. The topological polar surface area (TPSA) is 116 Å². The number of imidazole rings is 1. The molecular weight excluding hydrogens is 264 g/mol. The molecule has 1 aromatic heterocycles. The Hall–Kier alpha value is -1.96. The number of fused-ring (bicyclic) bond motifs is 1. The van der Waals surface area contributed by atoms with Crippen molar-refractivity contribution in [1.29, 1.82) is 0 Å². The van der Waals surface area contributed by atoms with Gasteiger partial charge in [0.15, 0.2) is 0 Å². The van der Waals surface area contributed by atoms with Gasteiger partial charge >= 0.3 is 5.97 Å². The van der Waals surface area contributed by atoms with Crippen molar-refractivity contribution in [2.24, 2.45) is 0 Å². The Morgan fingerprint density at radius 1 is 1.25 bits per heavy atom. The van der Waals surface area contributed by atoms with Crippen molar-refractivity contribution in [3.8, 4) is 0 Å². The van der Waals surface area contributed by atoms with Crippen molar-refractivity contribution in [3.63, 3.8) is 0 Å². The van der Waals surface area contributed by atoms with E-state index < -0.39 is 31.3 Å². The first-order valence-electron chi connectivity index (χ1n) is 6.04. The maximum absolute atomic E-state index is 10.9. The van der Waals surface area contributed by atoms with Gasteiger partial charge < -0.3 is 25.0 Å². The second kappa shape index (κ2) is 5.20. The summed E-state index contributed by atoms with van der Waals surface area (Å²) in [7, 11) is 0. The van der Waals surface area contributed by atoms with Crippen LogP contribution in [0.15, 0.2) is 18.2 Å². The SMILES string of the molecule is Cc1nc2cc(C(=O)O)ccc2n1C(CO)(CO)CO. The summed E-state index contributed by atoms with van der Waals surface area (Å²) in [6.45, 7) is 0.267. The van der Waals surface area contributed by atoms with Crippen LogP contribution in [0.2, 0.25) is 0 Å². The molecular formula is C13H16N2O5. The molecule has 0 amide bonds. The molecule has 0 radical (unpaired) electrons. The summed E-state index contributed by atoms with van der Waals surface area (Å²) in [6, 6.07) is 4.38. The van der Waals surface area contributed by atoms with E-state index in [0.29, 0.717) is 16.9 Å². The molecule has 4 N–H and O–H groups in total. The van der Waals surface area contributed by atoms with E-state index in [1.807, 2.05) is 0 Å². The molecule has 0 saturated carbocycles. The number of hydrogen-bond acceptors (Lipinski definition) is 5. The number of aliphatic hydroxyl groups is 3. The molecule has 1 heterocycles. The third-order valence-electron chi connectivity index (χ3n) is 3.43. The number of aliphatic hydroxyl groups excluding tert-OH is 3. The smallest absolute Gasteiger partial charge is 0.335 e. The minimum atomic E-state index is -1.27. The zero-order chi connectivity index (χ0) is 14.9. The van der Waals surface area contributed by atoms with Crippen LogP contribution >= 0.6 is 0 Å². The fourth-order valence-electron chi connectivity index (χ4n) is 2.29. The molecule has 0 aliphatic heterocycles. The summed E-state index contributed by atoms with van der Waals surface area (Å²) in [5.74, 6) is -0.587. The molecule has 2 aromatic rings. The number of carbonyl (C=O) groups is 1. The van der Waals surface area contributed by atoms with Crippen molar-refractivity contribution >= 4 is 17.0 Å². The lowest BCUT2D eigenvalue weighted by Crippen LogP contribution is -2.45. The first kappa shape index (κ1) is 14.4. The Kier molecular flexibility index (Phi) is 3.76. The molecule has 0 atom stereocenters. The Labute approximate surface area is 114 Å². The van der Waals surface area contributed by atoms with Gasteiger partial charge in [-0.2, -0.15) is 0 Å². The fourth-order valence-corrected chi connectivity index (χ4v) is 2.29. The van der Waals surface area contributed by atoms with Crippen molar-refractivity contribution in [2.75, 3.05) is 19.8 Å². The maximum Gasteiger partial charge on any atom is 0.335 e. The molecule has 0 spiro atoms. The summed E-state index contributed by atoms with van der Waals surface area (Å²) in [6.07, 6.45) is 0. The molecule has 0 fully saturated rings. The molecule has 0 aliphatic carbocycles. The number of hydrogen-bond donors (Lipinski definition) is 4. The summed E-state index contributed by atoms with van der Waals surface area (Å²) < 4.78 is 1.54. The van der Waals surface area contributed by atoms with Crippen LogP contribution in [0.4, 0.5) is 0 Å². The third-order valence-corrected chi connectivity index (χ3v) is 3.43. The van der Waals surface area contributed by atoms with Crippen LogP contribution in [0.5, 0.6) is 0 Å². The fraction of sp³-hybridized carbons (Fsp3) is 0.385. The Balaban J connectivity index is 2.71. The van der Waals surface area contributed by atoms with Gasteiger partial charge in [0.2, 0.25) is 0 Å². The minimum absolute atomic E-state index is 0.102. The molecule has 7 nitrogen and oxygen atoms in total. The molecule has 0 unspecified atom stereocenters. The highest BCUT2D eigenvalue weighted by molar-refractivity contribution is 5.92. The Morgan fingerprint density at radius 3 is 2.35 bits per heavy atom. The van der Waals surface area contributed by atoms with Crippen LogP contribution in [0.1, 0.15) is 16.2 Å². The van der Waals surface area contributed by atoms with Gasteiger partial charge in [-0.3, -0.25) is 0 Å². The number of aromatic carboxylic acids is 1. The Bertz CT molecular complexity index is 637. The maximum atomic E-state index is 10.9. The van der Waals surface area contributed by atoms with Crippen LogP contribution in [-0.2, 0) is 5.54 Å². The summed E-state index contributed by atoms with van der Waals surface area (Å²) in [5.41, 5.74) is -0.194. The molecule has 7 heteroatoms. The van der Waals surface area contributed by atoms with Gasteiger partial charge in [0.1, 0.15) is 11.4 Å². The van der Waals surface area contributed by atoms with Crippen LogP contribution in [0.25, 0.3) is 11.0 Å². The first-order valence-corrected chi connectivity index (χ1v) is 6.04. The minimum Gasteiger partial charge on any atom is -0.478 e. The van der Waals surface area contributed by atoms with E-state index in [4.69, 9.17) is 5.11 Å². The standard InChI is InChI=1S/C13H16N2O5/c1-8-14-10-4-9(12(19)20)2-3-11(10)15(8)13(5-16,6-17)7-18/h2-4,16-18H,5-7H2,1H3,(H,19,20). The molecule has 0 aliphatic rings. The lowest BCUT2D eigenvalue weighted by atomic mass is 10.0. The number of nitrogens with zero attached hydrogens (tertiary/aromatic N) is 2. The number of aryl methyl sites for hydroxylation is 1. The van der Waals surface area contributed by atoms with Crippen LogP contribution in [0, 0.1) is 6.92 Å². The molecule has 108 valence electrons. The van der Waals surface area contributed by atoms with Gasteiger partial charge in [-0.15, -0.1) is 0 Å². The average Bonchev–Trinajstić information content (AvgIpc) is 2.78. The van der Waals surface area contributed by atoms with Gasteiger partial charge in [0.25, 0.3) is 0 Å². The number of aromatic nitrogens is 2. The van der Waals surface area contributed by atoms with Gasteiger partial charge in [-0.05, 0) is 25.1 Å². The van der Waals surface area contributed by atoms with Crippen LogP contribution in [0.3, 0.4) is 0 Å². The van der Waals surface area contributed by atoms with E-state index in [0.717, 1.165) is 0 Å². The predicted octanol–water partition coefficient (Wildman–Crippen LogP) is -0.285. The van der Waals surface area contributed by atoms with E-state index in [2.05, 4.69) is 4.98 Å². The van der Waals surface area contributed by atoms with E-state index in [-0.39, 0.29) is 5.56 Å². The van der Waals surface area contributed by atoms with Gasteiger partial charge in [0.05, 0.1) is 36.4 Å². The summed E-state index contributed by atoms with van der Waals surface area (Å²) in [5, 5.41) is 37.5. The predicted molar refractivity (Wildman–Crippen MR) is 70.7 cm³/mol. The summed E-state index contributed by atoms with van der Waals surface area (Å²) >= 11 is 0. The highest BCUT2D eigenvalue weighted by Crippen LogP contribution is 2.26. The quantitative estimate of drug-likeness (QED) is 0.598.